The fourth-order valence-corrected chi connectivity index (χ4v) is 3.60. The van der Waals surface area contributed by atoms with E-state index in [-0.39, 0.29) is 11.3 Å². The first-order valence-corrected chi connectivity index (χ1v) is 10.6. The predicted octanol–water partition coefficient (Wildman–Crippen LogP) is 3.77. The van der Waals surface area contributed by atoms with Gasteiger partial charge < -0.3 is 19.6 Å². The number of nitrogens with zero attached hydrogens (tertiary/aromatic N) is 2. The van der Waals surface area contributed by atoms with Crippen LogP contribution in [0.1, 0.15) is 36.1 Å². The minimum Gasteiger partial charge on any atom is -0.507 e. The van der Waals surface area contributed by atoms with E-state index in [2.05, 4.69) is 0 Å². The Bertz CT molecular complexity index is 962. The first-order chi connectivity index (χ1) is 14.8. The number of aliphatic hydroxyl groups is 1. The maximum Gasteiger partial charge on any atom is 0.295 e. The van der Waals surface area contributed by atoms with Crippen molar-refractivity contribution in [3.63, 3.8) is 0 Å². The molecule has 0 aliphatic carbocycles. The lowest BCUT2D eigenvalue weighted by Gasteiger charge is -2.26. The molecule has 3 rings (SSSR count). The Balaban J connectivity index is 2.04. The predicted molar refractivity (Wildman–Crippen MR) is 121 cm³/mol. The summed E-state index contributed by atoms with van der Waals surface area (Å²) in [5, 5.41) is 11.1. The van der Waals surface area contributed by atoms with E-state index in [1.165, 1.54) is 0 Å². The zero-order valence-corrected chi connectivity index (χ0v) is 18.6. The number of aliphatic hydroxyl groups excluding tert-OH is 1. The molecule has 1 fully saturated rings. The number of rotatable bonds is 8. The number of hydrogen-bond acceptors (Lipinski definition) is 5. The van der Waals surface area contributed by atoms with E-state index in [1.54, 1.807) is 29.2 Å². The van der Waals surface area contributed by atoms with Crippen molar-refractivity contribution in [2.45, 2.75) is 26.3 Å². The Hall–Kier alpha value is -3.12. The van der Waals surface area contributed by atoms with Crippen LogP contribution in [0.15, 0.2) is 54.1 Å². The van der Waals surface area contributed by atoms with Crippen molar-refractivity contribution in [3.8, 4) is 5.75 Å². The molecule has 0 aromatic heterocycles. The third-order valence-corrected chi connectivity index (χ3v) is 5.32. The van der Waals surface area contributed by atoms with Crippen molar-refractivity contribution in [2.24, 2.45) is 0 Å². The third kappa shape index (κ3) is 4.97. The first kappa shape index (κ1) is 22.6. The maximum atomic E-state index is 13.0. The van der Waals surface area contributed by atoms with Crippen molar-refractivity contribution >= 4 is 17.4 Å². The minimum atomic E-state index is -0.659. The Labute approximate surface area is 183 Å². The second-order valence-electron chi connectivity index (χ2n) is 8.08. The highest BCUT2D eigenvalue weighted by Gasteiger charge is 2.45. The summed E-state index contributed by atoms with van der Waals surface area (Å²) in [4.78, 5) is 29.4. The van der Waals surface area contributed by atoms with Gasteiger partial charge in [0, 0.05) is 18.7 Å². The molecule has 2 aromatic rings. The molecular formula is C25H30N2O4. The molecule has 6 nitrogen and oxygen atoms in total. The fraction of sp³-hybridized carbons (Fsp3) is 0.360. The molecule has 0 radical (unpaired) electrons. The standard InChI is InChI=1S/C25H30N2O4/c1-5-16-31-20-12-10-19(11-13-20)23(28)21-22(18-8-6-17(2)7-9-18)27(15-14-26(3)4)25(30)24(21)29/h6-13,22,28H,5,14-16H2,1-4H3/b23-21+/t22-/m0/s1. The molecule has 1 amide bonds. The number of carbonyl (C=O) groups excluding carboxylic acids is 2. The van der Waals surface area contributed by atoms with Crippen LogP contribution in [-0.2, 0) is 9.59 Å². The van der Waals surface area contributed by atoms with Gasteiger partial charge in [-0.2, -0.15) is 0 Å². The number of ketones is 1. The molecule has 1 N–H and O–H groups in total. The number of ether oxygens (including phenoxy) is 1. The van der Waals surface area contributed by atoms with Crippen molar-refractivity contribution in [2.75, 3.05) is 33.8 Å². The topological polar surface area (TPSA) is 70.1 Å². The molecule has 0 spiro atoms. The van der Waals surface area contributed by atoms with Crippen LogP contribution in [0.4, 0.5) is 0 Å². The normalized spacial score (nSPS) is 18.1. The zero-order chi connectivity index (χ0) is 22.5. The lowest BCUT2D eigenvalue weighted by Crippen LogP contribution is -2.35. The summed E-state index contributed by atoms with van der Waals surface area (Å²) in [7, 11) is 3.83. The molecule has 0 saturated carbocycles. The van der Waals surface area contributed by atoms with E-state index in [9.17, 15) is 14.7 Å². The van der Waals surface area contributed by atoms with Gasteiger partial charge in [0.05, 0.1) is 18.2 Å². The average molecular weight is 423 g/mol. The summed E-state index contributed by atoms with van der Waals surface area (Å²) in [6.07, 6.45) is 0.897. The summed E-state index contributed by atoms with van der Waals surface area (Å²) in [5.74, 6) is -0.719. The highest BCUT2D eigenvalue weighted by Crippen LogP contribution is 2.39. The van der Waals surface area contributed by atoms with Gasteiger partial charge >= 0.3 is 0 Å². The van der Waals surface area contributed by atoms with Gasteiger partial charge in [0.2, 0.25) is 0 Å². The van der Waals surface area contributed by atoms with Crippen LogP contribution in [-0.4, -0.2) is 60.4 Å². The molecule has 6 heteroatoms. The van der Waals surface area contributed by atoms with Gasteiger partial charge in [-0.25, -0.2) is 0 Å². The summed E-state index contributed by atoms with van der Waals surface area (Å²) in [5.41, 5.74) is 2.48. The fourth-order valence-electron chi connectivity index (χ4n) is 3.60. The van der Waals surface area contributed by atoms with Crippen LogP contribution in [0.25, 0.3) is 5.76 Å². The molecule has 1 aliphatic rings. The number of carbonyl (C=O) groups is 2. The van der Waals surface area contributed by atoms with Gasteiger partial charge in [0.15, 0.2) is 0 Å². The minimum absolute atomic E-state index is 0.120. The van der Waals surface area contributed by atoms with Crippen molar-refractivity contribution in [1.29, 1.82) is 0 Å². The van der Waals surface area contributed by atoms with E-state index in [0.717, 1.165) is 17.5 Å². The Morgan fingerprint density at radius 1 is 1.06 bits per heavy atom. The highest BCUT2D eigenvalue weighted by atomic mass is 16.5. The van der Waals surface area contributed by atoms with E-state index >= 15 is 0 Å². The largest absolute Gasteiger partial charge is 0.507 e. The highest BCUT2D eigenvalue weighted by molar-refractivity contribution is 6.46. The Morgan fingerprint density at radius 2 is 1.71 bits per heavy atom. The van der Waals surface area contributed by atoms with Crippen molar-refractivity contribution < 1.29 is 19.4 Å². The molecule has 2 aromatic carbocycles. The van der Waals surface area contributed by atoms with Crippen LogP contribution in [0.5, 0.6) is 5.75 Å². The van der Waals surface area contributed by atoms with E-state index in [4.69, 9.17) is 4.74 Å². The summed E-state index contributed by atoms with van der Waals surface area (Å²) >= 11 is 0. The first-order valence-electron chi connectivity index (χ1n) is 10.6. The molecule has 1 heterocycles. The monoisotopic (exact) mass is 422 g/mol. The van der Waals surface area contributed by atoms with Crippen LogP contribution in [0.2, 0.25) is 0 Å². The van der Waals surface area contributed by atoms with Crippen LogP contribution in [0.3, 0.4) is 0 Å². The van der Waals surface area contributed by atoms with E-state index in [1.807, 2.05) is 57.1 Å². The molecule has 1 saturated heterocycles. The van der Waals surface area contributed by atoms with E-state index in [0.29, 0.717) is 31.0 Å². The van der Waals surface area contributed by atoms with Gasteiger partial charge in [-0.15, -0.1) is 0 Å². The SMILES string of the molecule is CCCOc1ccc(/C(O)=C2\C(=O)C(=O)N(CCN(C)C)[C@H]2c2ccc(C)cc2)cc1. The van der Waals surface area contributed by atoms with Crippen molar-refractivity contribution in [3.05, 3.63) is 70.8 Å². The third-order valence-electron chi connectivity index (χ3n) is 5.32. The second-order valence-corrected chi connectivity index (χ2v) is 8.08. The summed E-state index contributed by atoms with van der Waals surface area (Å²) < 4.78 is 5.59. The smallest absolute Gasteiger partial charge is 0.295 e. The number of benzene rings is 2. The number of likely N-dealkylation sites (N-methyl/N-ethyl adjacent to an activating group) is 1. The molecule has 164 valence electrons. The molecule has 1 aliphatic heterocycles. The quantitative estimate of drug-likeness (QED) is 0.398. The van der Waals surface area contributed by atoms with Gasteiger partial charge in [-0.3, -0.25) is 9.59 Å². The van der Waals surface area contributed by atoms with Crippen molar-refractivity contribution in [1.82, 2.24) is 9.80 Å². The maximum absolute atomic E-state index is 13.0. The molecular weight excluding hydrogens is 392 g/mol. The molecule has 0 unspecified atom stereocenters. The number of likely N-dealkylation sites (tertiary alicyclic amines) is 1. The molecule has 31 heavy (non-hydrogen) atoms. The molecule has 1 atom stereocenters. The van der Waals surface area contributed by atoms with Gasteiger partial charge in [0.1, 0.15) is 11.5 Å². The second kappa shape index (κ2) is 9.79. The van der Waals surface area contributed by atoms with Gasteiger partial charge in [0.25, 0.3) is 11.7 Å². The zero-order valence-electron chi connectivity index (χ0n) is 18.6. The summed E-state index contributed by atoms with van der Waals surface area (Å²) in [6.45, 7) is 5.61. The Morgan fingerprint density at radius 3 is 2.29 bits per heavy atom. The number of Topliss-reactive ketones (excluding diaryl/α,β-unsaturated/α-hetero) is 1. The number of hydrogen-bond donors (Lipinski definition) is 1. The number of amides is 1. The summed E-state index contributed by atoms with van der Waals surface area (Å²) in [6, 6.07) is 14.0. The number of aryl methyl sites for hydroxylation is 1. The average Bonchev–Trinajstić information content (AvgIpc) is 3.01. The van der Waals surface area contributed by atoms with Gasteiger partial charge in [-0.1, -0.05) is 36.8 Å². The van der Waals surface area contributed by atoms with Crippen LogP contribution >= 0.6 is 0 Å². The lowest BCUT2D eigenvalue weighted by molar-refractivity contribution is -0.140. The molecule has 0 bridgehead atoms. The van der Waals surface area contributed by atoms with Gasteiger partial charge in [-0.05, 0) is 57.3 Å². The van der Waals surface area contributed by atoms with Crippen LogP contribution < -0.4 is 4.74 Å². The van der Waals surface area contributed by atoms with Crippen LogP contribution in [0, 0.1) is 6.92 Å². The Kier molecular flexibility index (Phi) is 7.13. The van der Waals surface area contributed by atoms with E-state index < -0.39 is 17.7 Å². The lowest BCUT2D eigenvalue weighted by atomic mass is 9.94.